The van der Waals surface area contributed by atoms with Gasteiger partial charge in [0.15, 0.2) is 6.10 Å². The average Bonchev–Trinajstić information content (AvgIpc) is 3.19. The summed E-state index contributed by atoms with van der Waals surface area (Å²) in [5, 5.41) is 0. The van der Waals surface area contributed by atoms with Crippen LogP contribution in [0, 0.1) is 5.92 Å². The summed E-state index contributed by atoms with van der Waals surface area (Å²) in [6.45, 7) is 8.96. The van der Waals surface area contributed by atoms with Crippen molar-refractivity contribution in [1.29, 1.82) is 0 Å². The Balaban J connectivity index is 4.11. The molecule has 0 aliphatic heterocycles. The van der Waals surface area contributed by atoms with E-state index in [1.165, 1.54) is 173 Å². The van der Waals surface area contributed by atoms with Gasteiger partial charge in [0, 0.05) is 19.3 Å². The van der Waals surface area contributed by atoms with Crippen LogP contribution < -0.4 is 0 Å². The van der Waals surface area contributed by atoms with Gasteiger partial charge in [-0.2, -0.15) is 0 Å². The Bertz CT molecular complexity index is 857. The molecule has 0 spiro atoms. The highest BCUT2D eigenvalue weighted by atomic mass is 16.6. The van der Waals surface area contributed by atoms with E-state index in [4.69, 9.17) is 14.2 Å². The highest BCUT2D eigenvalue weighted by Gasteiger charge is 2.19. The molecule has 1 atom stereocenters. The van der Waals surface area contributed by atoms with Gasteiger partial charge < -0.3 is 14.2 Å². The van der Waals surface area contributed by atoms with Gasteiger partial charge in [0.1, 0.15) is 13.2 Å². The van der Waals surface area contributed by atoms with Crippen LogP contribution in [0.1, 0.15) is 285 Å². The van der Waals surface area contributed by atoms with Crippen molar-refractivity contribution in [3.63, 3.8) is 0 Å². The van der Waals surface area contributed by atoms with Crippen molar-refractivity contribution in [2.45, 2.75) is 291 Å². The highest BCUT2D eigenvalue weighted by Crippen LogP contribution is 2.17. The molecular formula is C51H98O6. The second kappa shape index (κ2) is 45.5. The Morgan fingerprint density at radius 2 is 0.579 bits per heavy atom. The zero-order valence-electron chi connectivity index (χ0n) is 38.8. The molecule has 6 nitrogen and oxygen atoms in total. The summed E-state index contributed by atoms with van der Waals surface area (Å²) >= 11 is 0. The number of carbonyl (C=O) groups is 3. The van der Waals surface area contributed by atoms with Gasteiger partial charge in [0.2, 0.25) is 0 Å². The predicted octanol–water partition coefficient (Wildman–Crippen LogP) is 16.3. The van der Waals surface area contributed by atoms with E-state index in [1.807, 2.05) is 0 Å². The van der Waals surface area contributed by atoms with E-state index in [1.54, 1.807) is 0 Å². The van der Waals surface area contributed by atoms with Gasteiger partial charge >= 0.3 is 17.9 Å². The SMILES string of the molecule is CCCCCCCCCCCCCCCCCCCC(=O)O[C@@H](COC(=O)CCCCCCC)COC(=O)CCCCCCCCCCCCCCCCC(C)C. The fraction of sp³-hybridized carbons (Fsp3) is 0.941. The number of unbranched alkanes of at least 4 members (excludes halogenated alkanes) is 33. The molecule has 0 aromatic rings. The van der Waals surface area contributed by atoms with Crippen LogP contribution in [0.4, 0.5) is 0 Å². The van der Waals surface area contributed by atoms with Gasteiger partial charge in [-0.05, 0) is 25.2 Å². The molecule has 0 amide bonds. The minimum atomic E-state index is -0.758. The summed E-state index contributed by atoms with van der Waals surface area (Å²) in [4.78, 5) is 37.6. The van der Waals surface area contributed by atoms with Gasteiger partial charge in [-0.15, -0.1) is 0 Å². The largest absolute Gasteiger partial charge is 0.462 e. The van der Waals surface area contributed by atoms with E-state index >= 15 is 0 Å². The van der Waals surface area contributed by atoms with Crippen molar-refractivity contribution in [2.24, 2.45) is 5.92 Å². The van der Waals surface area contributed by atoms with Gasteiger partial charge in [-0.1, -0.05) is 246 Å². The molecule has 0 fully saturated rings. The lowest BCUT2D eigenvalue weighted by Gasteiger charge is -2.18. The maximum atomic E-state index is 12.7. The molecule has 0 saturated carbocycles. The molecule has 0 aliphatic rings. The number of carbonyl (C=O) groups excluding carboxylic acids is 3. The Morgan fingerprint density at radius 1 is 0.333 bits per heavy atom. The van der Waals surface area contributed by atoms with E-state index in [9.17, 15) is 14.4 Å². The molecule has 0 radical (unpaired) electrons. The van der Waals surface area contributed by atoms with Crippen molar-refractivity contribution in [3.05, 3.63) is 0 Å². The Morgan fingerprint density at radius 3 is 0.860 bits per heavy atom. The van der Waals surface area contributed by atoms with Crippen molar-refractivity contribution in [3.8, 4) is 0 Å². The highest BCUT2D eigenvalue weighted by molar-refractivity contribution is 5.71. The Kier molecular flexibility index (Phi) is 44.2. The van der Waals surface area contributed by atoms with Gasteiger partial charge in [0.05, 0.1) is 0 Å². The number of rotatable bonds is 46. The summed E-state index contributed by atoms with van der Waals surface area (Å²) in [7, 11) is 0. The Labute approximate surface area is 355 Å². The first kappa shape index (κ1) is 55.4. The molecular weight excluding hydrogens is 709 g/mol. The van der Waals surface area contributed by atoms with E-state index in [2.05, 4.69) is 27.7 Å². The van der Waals surface area contributed by atoms with Gasteiger partial charge in [-0.3, -0.25) is 14.4 Å². The number of hydrogen-bond donors (Lipinski definition) is 0. The lowest BCUT2D eigenvalue weighted by molar-refractivity contribution is -0.167. The number of esters is 3. The topological polar surface area (TPSA) is 78.9 Å². The van der Waals surface area contributed by atoms with E-state index < -0.39 is 6.10 Å². The number of ether oxygens (including phenoxy) is 3. The monoisotopic (exact) mass is 807 g/mol. The van der Waals surface area contributed by atoms with E-state index in [0.29, 0.717) is 19.3 Å². The molecule has 57 heavy (non-hydrogen) atoms. The molecule has 0 rings (SSSR count). The van der Waals surface area contributed by atoms with E-state index in [0.717, 1.165) is 70.1 Å². The zero-order valence-corrected chi connectivity index (χ0v) is 38.8. The second-order valence-electron chi connectivity index (χ2n) is 17.9. The zero-order chi connectivity index (χ0) is 41.7. The summed E-state index contributed by atoms with van der Waals surface area (Å²) in [5.74, 6) is -0.0154. The lowest BCUT2D eigenvalue weighted by atomic mass is 10.0. The van der Waals surface area contributed by atoms with Gasteiger partial charge in [0.25, 0.3) is 0 Å². The van der Waals surface area contributed by atoms with Crippen LogP contribution in [-0.4, -0.2) is 37.2 Å². The van der Waals surface area contributed by atoms with E-state index in [-0.39, 0.29) is 31.1 Å². The normalized spacial score (nSPS) is 11.9. The second-order valence-corrected chi connectivity index (χ2v) is 17.9. The minimum absolute atomic E-state index is 0.0640. The quantitative estimate of drug-likeness (QED) is 0.0346. The van der Waals surface area contributed by atoms with Crippen LogP contribution in [0.15, 0.2) is 0 Å². The van der Waals surface area contributed by atoms with Crippen molar-refractivity contribution >= 4 is 17.9 Å². The maximum Gasteiger partial charge on any atom is 0.306 e. The van der Waals surface area contributed by atoms with Crippen LogP contribution in [0.3, 0.4) is 0 Å². The molecule has 338 valence electrons. The van der Waals surface area contributed by atoms with Crippen LogP contribution in [0.5, 0.6) is 0 Å². The van der Waals surface area contributed by atoms with Crippen molar-refractivity contribution < 1.29 is 28.6 Å². The molecule has 0 bridgehead atoms. The molecule has 6 heteroatoms. The van der Waals surface area contributed by atoms with Gasteiger partial charge in [-0.25, -0.2) is 0 Å². The molecule has 0 saturated heterocycles. The summed E-state index contributed by atoms with van der Waals surface area (Å²) in [6.07, 6.45) is 46.9. The van der Waals surface area contributed by atoms with Crippen LogP contribution in [-0.2, 0) is 28.6 Å². The summed E-state index contributed by atoms with van der Waals surface area (Å²) in [6, 6.07) is 0. The molecule has 0 unspecified atom stereocenters. The fourth-order valence-corrected chi connectivity index (χ4v) is 7.69. The maximum absolute atomic E-state index is 12.7. The van der Waals surface area contributed by atoms with Crippen LogP contribution in [0.2, 0.25) is 0 Å². The molecule has 0 N–H and O–H groups in total. The first-order valence-corrected chi connectivity index (χ1v) is 25.4. The number of hydrogen-bond acceptors (Lipinski definition) is 6. The van der Waals surface area contributed by atoms with Crippen LogP contribution in [0.25, 0.3) is 0 Å². The fourth-order valence-electron chi connectivity index (χ4n) is 7.69. The standard InChI is InChI=1S/C51H98O6/c1-5-7-9-11-12-13-14-15-16-17-18-23-26-29-32-36-40-44-51(54)57-48(45-55-49(52)42-38-33-10-8-6-2)46-56-50(53)43-39-35-31-28-25-22-20-19-21-24-27-30-34-37-41-47(3)4/h47-48H,5-46H2,1-4H3/t48-/m0/s1. The first-order chi connectivity index (χ1) is 27.9. The summed E-state index contributed by atoms with van der Waals surface area (Å²) in [5.41, 5.74) is 0. The van der Waals surface area contributed by atoms with Crippen molar-refractivity contribution in [2.75, 3.05) is 13.2 Å². The molecule has 0 aliphatic carbocycles. The van der Waals surface area contributed by atoms with Crippen LogP contribution >= 0.6 is 0 Å². The first-order valence-electron chi connectivity index (χ1n) is 25.4. The molecule has 0 heterocycles. The summed E-state index contributed by atoms with van der Waals surface area (Å²) < 4.78 is 16.7. The third-order valence-electron chi connectivity index (χ3n) is 11.5. The Hall–Kier alpha value is -1.59. The predicted molar refractivity (Wildman–Crippen MR) is 243 cm³/mol. The third kappa shape index (κ3) is 45.3. The van der Waals surface area contributed by atoms with Crippen molar-refractivity contribution in [1.82, 2.24) is 0 Å². The average molecular weight is 807 g/mol. The molecule has 0 aromatic carbocycles. The third-order valence-corrected chi connectivity index (χ3v) is 11.5. The smallest absolute Gasteiger partial charge is 0.306 e. The minimum Gasteiger partial charge on any atom is -0.462 e. The molecule has 0 aromatic heterocycles. The lowest BCUT2D eigenvalue weighted by Crippen LogP contribution is -2.30.